The zero-order chi connectivity index (χ0) is 26.2. The van der Waals surface area contributed by atoms with E-state index in [0.29, 0.717) is 16.5 Å². The average molecular weight is 518 g/mol. The Morgan fingerprint density at radius 3 is 2.65 bits per heavy atom. The molecule has 1 atom stereocenters. The Labute approximate surface area is 217 Å². The molecule has 10 heteroatoms. The molecule has 1 aliphatic heterocycles. The van der Waals surface area contributed by atoms with E-state index in [4.69, 9.17) is 22.8 Å². The molecule has 2 heterocycles. The fraction of sp³-hybridized carbons (Fsp3) is 0.111. The van der Waals surface area contributed by atoms with Crippen molar-refractivity contribution in [2.24, 2.45) is 4.99 Å². The first-order chi connectivity index (χ1) is 17.9. The monoisotopic (exact) mass is 517 g/mol. The number of nitrogens with zero attached hydrogens (tertiary/aromatic N) is 3. The first kappa shape index (κ1) is 25.4. The predicted molar refractivity (Wildman–Crippen MR) is 141 cm³/mol. The smallest absolute Gasteiger partial charge is 0.268 e. The van der Waals surface area contributed by atoms with Gasteiger partial charge in [0, 0.05) is 23.1 Å². The number of aliphatic imine (C=N–C) groups is 1. The maximum atomic E-state index is 13.4. The third-order valence-corrected chi connectivity index (χ3v) is 5.38. The highest BCUT2D eigenvalue weighted by Crippen LogP contribution is 2.20. The van der Waals surface area contributed by atoms with Crippen LogP contribution in [0.1, 0.15) is 15.9 Å². The van der Waals surface area contributed by atoms with Crippen molar-refractivity contribution in [2.45, 2.75) is 12.7 Å². The SMILES string of the molecule is C#CCNC(=O)c1cnc(Nc2ccc(OC3=NC=CC(F)C=C3)cc2)n(Cc2ccc(Cl)cc2)c1=O. The Balaban J connectivity index is 1.59. The number of benzene rings is 2. The lowest BCUT2D eigenvalue weighted by atomic mass is 10.2. The van der Waals surface area contributed by atoms with Crippen molar-refractivity contribution < 1.29 is 13.9 Å². The van der Waals surface area contributed by atoms with E-state index in [1.54, 1.807) is 48.5 Å². The summed E-state index contributed by atoms with van der Waals surface area (Å²) in [4.78, 5) is 34.0. The number of nitrogens with one attached hydrogen (secondary N) is 2. The second-order valence-corrected chi connectivity index (χ2v) is 8.20. The second kappa shape index (κ2) is 11.8. The van der Waals surface area contributed by atoms with Crippen LogP contribution in [-0.2, 0) is 6.54 Å². The van der Waals surface area contributed by atoms with Crippen LogP contribution < -0.4 is 20.9 Å². The number of aromatic nitrogens is 2. The summed E-state index contributed by atoms with van der Waals surface area (Å²) in [5.41, 5.74) is 0.707. The number of hydrogen-bond acceptors (Lipinski definition) is 6. The lowest BCUT2D eigenvalue weighted by Gasteiger charge is -2.15. The zero-order valence-corrected chi connectivity index (χ0v) is 20.2. The summed E-state index contributed by atoms with van der Waals surface area (Å²) in [6.45, 7) is 0.120. The first-order valence-electron chi connectivity index (χ1n) is 11.1. The number of halogens is 2. The molecular weight excluding hydrogens is 497 g/mol. The highest BCUT2D eigenvalue weighted by atomic mass is 35.5. The van der Waals surface area contributed by atoms with Crippen LogP contribution in [0, 0.1) is 12.3 Å². The summed E-state index contributed by atoms with van der Waals surface area (Å²) < 4.78 is 20.4. The van der Waals surface area contributed by atoms with Crippen molar-refractivity contribution in [1.29, 1.82) is 0 Å². The number of alkyl halides is 1. The third kappa shape index (κ3) is 6.72. The standard InChI is InChI=1S/C27H21ClFN5O3/c1-2-14-31-25(35)23-16-32-27(34(26(23)36)17-18-3-5-19(28)6-4-18)33-21-8-10-22(11-9-21)37-24-12-7-20(29)13-15-30-24/h1,3-13,15-16,20H,14,17H2,(H,31,35)(H,32,33). The van der Waals surface area contributed by atoms with Gasteiger partial charge >= 0.3 is 0 Å². The van der Waals surface area contributed by atoms with E-state index in [1.165, 1.54) is 35.2 Å². The lowest BCUT2D eigenvalue weighted by Crippen LogP contribution is -2.34. The average Bonchev–Trinajstić information content (AvgIpc) is 3.10. The van der Waals surface area contributed by atoms with E-state index >= 15 is 0 Å². The van der Waals surface area contributed by atoms with Crippen LogP contribution in [0.4, 0.5) is 16.0 Å². The number of allylic oxidation sites excluding steroid dienone is 2. The van der Waals surface area contributed by atoms with Gasteiger partial charge in [-0.3, -0.25) is 14.2 Å². The molecule has 3 aromatic rings. The van der Waals surface area contributed by atoms with Gasteiger partial charge in [0.25, 0.3) is 11.5 Å². The molecule has 8 nitrogen and oxygen atoms in total. The molecule has 4 rings (SSSR count). The predicted octanol–water partition coefficient (Wildman–Crippen LogP) is 4.25. The molecule has 0 bridgehead atoms. The number of anilines is 2. The minimum Gasteiger partial charge on any atom is -0.439 e. The minimum atomic E-state index is -1.22. The molecule has 0 spiro atoms. The van der Waals surface area contributed by atoms with Gasteiger partial charge < -0.3 is 15.4 Å². The molecule has 1 unspecified atom stereocenters. The molecule has 186 valence electrons. The molecule has 1 aromatic heterocycles. The number of ether oxygens (including phenoxy) is 1. The number of terminal acetylenes is 1. The van der Waals surface area contributed by atoms with Gasteiger partial charge in [0.1, 0.15) is 17.5 Å². The number of rotatable bonds is 7. The van der Waals surface area contributed by atoms with Gasteiger partial charge in [-0.2, -0.15) is 0 Å². The molecular formula is C27H21ClFN5O3. The first-order valence-corrected chi connectivity index (χ1v) is 11.5. The van der Waals surface area contributed by atoms with Crippen molar-refractivity contribution in [2.75, 3.05) is 11.9 Å². The summed E-state index contributed by atoms with van der Waals surface area (Å²) in [7, 11) is 0. The van der Waals surface area contributed by atoms with Crippen LogP contribution >= 0.6 is 11.6 Å². The molecule has 0 aliphatic carbocycles. The van der Waals surface area contributed by atoms with Crippen LogP contribution in [0.25, 0.3) is 0 Å². The highest BCUT2D eigenvalue weighted by molar-refractivity contribution is 6.30. The van der Waals surface area contributed by atoms with Gasteiger partial charge in [-0.1, -0.05) is 29.7 Å². The highest BCUT2D eigenvalue weighted by Gasteiger charge is 2.17. The topological polar surface area (TPSA) is 97.6 Å². The van der Waals surface area contributed by atoms with Crippen molar-refractivity contribution >= 4 is 35.0 Å². The number of carbonyl (C=O) groups is 1. The van der Waals surface area contributed by atoms with Crippen molar-refractivity contribution in [3.05, 3.63) is 106 Å². The Bertz CT molecular complexity index is 1470. The summed E-state index contributed by atoms with van der Waals surface area (Å²) in [5, 5.41) is 6.14. The Morgan fingerprint density at radius 1 is 1.16 bits per heavy atom. The molecule has 1 aliphatic rings. The van der Waals surface area contributed by atoms with Crippen LogP contribution in [0.5, 0.6) is 5.75 Å². The van der Waals surface area contributed by atoms with E-state index in [2.05, 4.69) is 26.5 Å². The van der Waals surface area contributed by atoms with Gasteiger partial charge in [0.15, 0.2) is 0 Å². The van der Waals surface area contributed by atoms with E-state index < -0.39 is 17.6 Å². The maximum Gasteiger partial charge on any atom is 0.268 e. The fourth-order valence-electron chi connectivity index (χ4n) is 3.29. The zero-order valence-electron chi connectivity index (χ0n) is 19.4. The maximum absolute atomic E-state index is 13.4. The van der Waals surface area contributed by atoms with Gasteiger partial charge in [0.05, 0.1) is 13.1 Å². The van der Waals surface area contributed by atoms with Crippen LogP contribution in [0.3, 0.4) is 0 Å². The van der Waals surface area contributed by atoms with Crippen molar-refractivity contribution in [3.63, 3.8) is 0 Å². The van der Waals surface area contributed by atoms with Crippen molar-refractivity contribution in [1.82, 2.24) is 14.9 Å². The molecule has 0 radical (unpaired) electrons. The Hall–Kier alpha value is -4.68. The number of carbonyl (C=O) groups excluding carboxylic acids is 1. The van der Waals surface area contributed by atoms with E-state index in [9.17, 15) is 14.0 Å². The van der Waals surface area contributed by atoms with Crippen molar-refractivity contribution in [3.8, 4) is 18.1 Å². The largest absolute Gasteiger partial charge is 0.439 e. The van der Waals surface area contributed by atoms with Gasteiger partial charge in [0.2, 0.25) is 11.8 Å². The molecule has 2 aromatic carbocycles. The number of hydrogen-bond donors (Lipinski definition) is 2. The Kier molecular flexibility index (Phi) is 8.13. The van der Waals surface area contributed by atoms with E-state index in [1.807, 2.05) is 0 Å². The lowest BCUT2D eigenvalue weighted by molar-refractivity contribution is 0.0956. The molecule has 2 N–H and O–H groups in total. The van der Waals surface area contributed by atoms with Gasteiger partial charge in [-0.05, 0) is 60.2 Å². The molecule has 1 amide bonds. The van der Waals surface area contributed by atoms with Crippen LogP contribution in [0.2, 0.25) is 5.02 Å². The van der Waals surface area contributed by atoms with Crippen LogP contribution in [0.15, 0.2) is 88.9 Å². The summed E-state index contributed by atoms with van der Waals surface area (Å²) in [6.07, 6.45) is 10.6. The normalized spacial score (nSPS) is 14.3. The summed E-state index contributed by atoms with van der Waals surface area (Å²) in [5.74, 6) is 2.63. The quantitative estimate of drug-likeness (QED) is 0.457. The summed E-state index contributed by atoms with van der Waals surface area (Å²) in [6, 6.07) is 13.8. The fourth-order valence-corrected chi connectivity index (χ4v) is 3.42. The molecule has 0 fully saturated rings. The molecule has 0 saturated carbocycles. The molecule has 0 saturated heterocycles. The van der Waals surface area contributed by atoms with Gasteiger partial charge in [-0.15, -0.1) is 6.42 Å². The van der Waals surface area contributed by atoms with Crippen LogP contribution in [-0.4, -0.2) is 34.1 Å². The summed E-state index contributed by atoms with van der Waals surface area (Å²) >= 11 is 5.98. The third-order valence-electron chi connectivity index (χ3n) is 5.12. The molecule has 37 heavy (non-hydrogen) atoms. The Morgan fingerprint density at radius 2 is 1.92 bits per heavy atom. The van der Waals surface area contributed by atoms with E-state index in [0.717, 1.165) is 5.56 Å². The van der Waals surface area contributed by atoms with Gasteiger partial charge in [-0.25, -0.2) is 14.4 Å². The number of amides is 1. The van der Waals surface area contributed by atoms with E-state index in [-0.39, 0.29) is 30.5 Å². The minimum absolute atomic E-state index is 0.0171. The second-order valence-electron chi connectivity index (χ2n) is 7.76.